The zero-order chi connectivity index (χ0) is 20.6. The highest BCUT2D eigenvalue weighted by atomic mass is 32.2. The van der Waals surface area contributed by atoms with Gasteiger partial charge in [-0.25, -0.2) is 8.42 Å². The molecule has 0 aliphatic heterocycles. The molecule has 1 atom stereocenters. The van der Waals surface area contributed by atoms with Gasteiger partial charge in [-0.05, 0) is 31.9 Å². The van der Waals surface area contributed by atoms with Crippen LogP contribution >= 0.6 is 10.5 Å². The van der Waals surface area contributed by atoms with Gasteiger partial charge in [-0.1, -0.05) is 24.5 Å². The van der Waals surface area contributed by atoms with Crippen molar-refractivity contribution in [3.8, 4) is 0 Å². The van der Waals surface area contributed by atoms with E-state index in [1.54, 1.807) is 12.1 Å². The van der Waals surface area contributed by atoms with Crippen LogP contribution in [0.1, 0.15) is 42.0 Å². The minimum absolute atomic E-state index is 0.137. The molecule has 0 bridgehead atoms. The van der Waals surface area contributed by atoms with Gasteiger partial charge in [-0.2, -0.15) is 13.2 Å². The molecule has 1 aromatic carbocycles. The van der Waals surface area contributed by atoms with E-state index in [4.69, 9.17) is 13.0 Å². The van der Waals surface area contributed by atoms with Crippen LogP contribution in [0.5, 0.6) is 0 Å². The van der Waals surface area contributed by atoms with E-state index in [0.717, 1.165) is 36.6 Å². The van der Waals surface area contributed by atoms with Gasteiger partial charge in [0.2, 0.25) is 0 Å². The van der Waals surface area contributed by atoms with Gasteiger partial charge in [0.15, 0.2) is 19.7 Å². The van der Waals surface area contributed by atoms with E-state index in [1.807, 2.05) is 19.1 Å². The number of hydrogen-bond donors (Lipinski definition) is 0. The predicted molar refractivity (Wildman–Crippen MR) is 89.4 cm³/mol. The SMILES string of the molecule is Cc1ccc2c(c1)cc(C1CCCC1)[s+]2C(F)(F)F.O=S(=O)([O-])C(F)(F)F. The predicted octanol–water partition coefficient (Wildman–Crippen LogP) is 6.08. The smallest absolute Gasteiger partial charge is 0.600 e. The molecule has 0 saturated heterocycles. The molecule has 0 N–H and O–H groups in total. The van der Waals surface area contributed by atoms with Crippen LogP contribution in [0.25, 0.3) is 10.1 Å². The van der Waals surface area contributed by atoms with Gasteiger partial charge < -0.3 is 4.55 Å². The summed E-state index contributed by atoms with van der Waals surface area (Å²) in [7, 11) is -7.78. The number of fused-ring (bicyclic) bond motifs is 1. The molecule has 1 saturated carbocycles. The summed E-state index contributed by atoms with van der Waals surface area (Å²) in [4.78, 5) is 0.630. The molecule has 27 heavy (non-hydrogen) atoms. The van der Waals surface area contributed by atoms with Crippen LogP contribution < -0.4 is 0 Å². The summed E-state index contributed by atoms with van der Waals surface area (Å²) in [5, 5.41) is 0.780. The summed E-state index contributed by atoms with van der Waals surface area (Å²) in [5.41, 5.74) is -8.77. The van der Waals surface area contributed by atoms with Crippen molar-refractivity contribution < 1.29 is 39.3 Å². The van der Waals surface area contributed by atoms with Crippen LogP contribution in [-0.4, -0.2) is 18.5 Å². The molecule has 0 radical (unpaired) electrons. The Morgan fingerprint density at radius 3 is 2.00 bits per heavy atom. The van der Waals surface area contributed by atoms with Gasteiger partial charge >= 0.3 is 11.0 Å². The van der Waals surface area contributed by atoms with Crippen molar-refractivity contribution in [3.05, 3.63) is 34.7 Å². The highest BCUT2D eigenvalue weighted by Crippen LogP contribution is 2.55. The van der Waals surface area contributed by atoms with E-state index >= 15 is 0 Å². The van der Waals surface area contributed by atoms with Gasteiger partial charge in [0, 0.05) is 17.4 Å². The van der Waals surface area contributed by atoms with Crippen LogP contribution in [0.3, 0.4) is 0 Å². The largest absolute Gasteiger partial charge is 0.741 e. The minimum atomic E-state index is -6.09. The van der Waals surface area contributed by atoms with E-state index in [1.165, 1.54) is 0 Å². The molecule has 11 heteroatoms. The van der Waals surface area contributed by atoms with Crippen LogP contribution in [0.4, 0.5) is 26.3 Å². The molecule has 1 fully saturated rings. The highest BCUT2D eigenvalue weighted by molar-refractivity contribution is 7.86. The molecular formula is C16H16F6O3S2. The number of rotatable bonds is 1. The van der Waals surface area contributed by atoms with E-state index < -0.39 is 31.6 Å². The van der Waals surface area contributed by atoms with E-state index in [9.17, 15) is 26.3 Å². The number of alkyl halides is 6. The van der Waals surface area contributed by atoms with Gasteiger partial charge in [0.25, 0.3) is 0 Å². The summed E-state index contributed by atoms with van der Waals surface area (Å²) in [6.45, 7) is 1.92. The third-order valence-corrected chi connectivity index (χ3v) is 6.96. The van der Waals surface area contributed by atoms with Crippen molar-refractivity contribution in [2.45, 2.75) is 49.5 Å². The maximum Gasteiger partial charge on any atom is 0.600 e. The van der Waals surface area contributed by atoms with Crippen molar-refractivity contribution in [2.24, 2.45) is 0 Å². The fourth-order valence-electron chi connectivity index (χ4n) is 3.06. The molecule has 1 aliphatic rings. The lowest BCUT2D eigenvalue weighted by Crippen LogP contribution is -2.21. The molecule has 1 heterocycles. The Hall–Kier alpha value is -1.33. The Morgan fingerprint density at radius 1 is 1.04 bits per heavy atom. The second kappa shape index (κ2) is 7.59. The summed E-state index contributed by atoms with van der Waals surface area (Å²) < 4.78 is 99.6. The summed E-state index contributed by atoms with van der Waals surface area (Å²) in [5.74, 6) is 0.137. The normalized spacial score (nSPS) is 17.1. The van der Waals surface area contributed by atoms with Crippen LogP contribution in [0.2, 0.25) is 0 Å². The fraction of sp³-hybridized carbons (Fsp3) is 0.500. The molecule has 1 unspecified atom stereocenters. The first-order valence-corrected chi connectivity index (χ1v) is 10.5. The standard InChI is InChI=1S/C15H16F3S.CHF3O3S/c1-10-6-7-13-12(8-10)9-14(11-4-2-3-5-11)19(13)15(16,17)18;2-1(3,4)8(5,6)7/h6-9,11H,2-5H2,1H3;(H,5,6,7)/q+1;/p-1. The van der Waals surface area contributed by atoms with Crippen LogP contribution in [0, 0.1) is 6.92 Å². The number of halogens is 6. The first-order chi connectivity index (χ1) is 12.2. The Balaban J connectivity index is 0.000000279. The summed E-state index contributed by atoms with van der Waals surface area (Å²) in [6, 6.07) is 7.15. The average molecular weight is 434 g/mol. The summed E-state index contributed by atoms with van der Waals surface area (Å²) >= 11 is 0. The monoisotopic (exact) mass is 434 g/mol. The molecule has 152 valence electrons. The van der Waals surface area contributed by atoms with E-state index in [-0.39, 0.29) is 5.92 Å². The molecule has 3 rings (SSSR count). The number of benzene rings is 1. The fourth-order valence-corrected chi connectivity index (χ4v) is 5.20. The third-order valence-electron chi connectivity index (χ3n) is 4.19. The quantitative estimate of drug-likeness (QED) is 0.236. The zero-order valence-corrected chi connectivity index (χ0v) is 15.7. The Labute approximate surface area is 154 Å². The first-order valence-electron chi connectivity index (χ1n) is 7.87. The number of thiophene rings is 1. The molecule has 2 aromatic rings. The Bertz CT molecular complexity index is 907. The lowest BCUT2D eigenvalue weighted by Gasteiger charge is -2.08. The highest BCUT2D eigenvalue weighted by Gasteiger charge is 2.49. The molecular weight excluding hydrogens is 418 g/mol. The molecule has 0 spiro atoms. The molecule has 3 nitrogen and oxygen atoms in total. The maximum absolute atomic E-state index is 13.4. The molecule has 1 aromatic heterocycles. The second-order valence-electron chi connectivity index (χ2n) is 6.22. The van der Waals surface area contributed by atoms with Gasteiger partial charge in [-0.15, -0.1) is 13.2 Å². The van der Waals surface area contributed by atoms with Crippen LogP contribution in [-0.2, 0) is 15.6 Å². The summed E-state index contributed by atoms with van der Waals surface area (Å²) in [6.07, 6.45) is 3.95. The Kier molecular flexibility index (Phi) is 6.18. The second-order valence-corrected chi connectivity index (χ2v) is 9.58. The van der Waals surface area contributed by atoms with Gasteiger partial charge in [-0.3, -0.25) is 0 Å². The maximum atomic E-state index is 13.4. The topological polar surface area (TPSA) is 57.2 Å². The van der Waals surface area contributed by atoms with Crippen molar-refractivity contribution in [3.63, 3.8) is 0 Å². The first kappa shape index (κ1) is 22.0. The van der Waals surface area contributed by atoms with Crippen LogP contribution in [0.15, 0.2) is 24.3 Å². The molecule has 0 amide bonds. The van der Waals surface area contributed by atoms with Crippen molar-refractivity contribution in [2.75, 3.05) is 0 Å². The lowest BCUT2D eigenvalue weighted by molar-refractivity contribution is -0.0868. The van der Waals surface area contributed by atoms with E-state index in [0.29, 0.717) is 9.58 Å². The number of aryl methyl sites for hydroxylation is 1. The minimum Gasteiger partial charge on any atom is -0.741 e. The lowest BCUT2D eigenvalue weighted by atomic mass is 10.1. The number of hydrogen-bond acceptors (Lipinski definition) is 3. The average Bonchev–Trinajstić information content (AvgIpc) is 3.11. The molecule has 1 aliphatic carbocycles. The van der Waals surface area contributed by atoms with Gasteiger partial charge in [0.1, 0.15) is 0 Å². The zero-order valence-electron chi connectivity index (χ0n) is 14.0. The van der Waals surface area contributed by atoms with Crippen molar-refractivity contribution in [1.29, 1.82) is 0 Å². The Morgan fingerprint density at radius 2 is 1.56 bits per heavy atom. The third kappa shape index (κ3) is 5.14. The van der Waals surface area contributed by atoms with E-state index in [2.05, 4.69) is 0 Å². The van der Waals surface area contributed by atoms with Crippen molar-refractivity contribution >= 4 is 30.7 Å². The van der Waals surface area contributed by atoms with Gasteiger partial charge in [0.05, 0.1) is 10.5 Å². The van der Waals surface area contributed by atoms with Crippen molar-refractivity contribution in [1.82, 2.24) is 0 Å².